The van der Waals surface area contributed by atoms with Crippen LogP contribution < -0.4 is 4.74 Å². The summed E-state index contributed by atoms with van der Waals surface area (Å²) < 4.78 is 5.79. The number of amides is 1. The van der Waals surface area contributed by atoms with Gasteiger partial charge in [0.05, 0.1) is 23.3 Å². The van der Waals surface area contributed by atoms with Crippen LogP contribution in [0.2, 0.25) is 5.02 Å². The first kappa shape index (κ1) is 20.2. The van der Waals surface area contributed by atoms with Gasteiger partial charge in [-0.1, -0.05) is 23.7 Å². The Labute approximate surface area is 171 Å². The van der Waals surface area contributed by atoms with Gasteiger partial charge in [-0.25, -0.2) is 0 Å². The summed E-state index contributed by atoms with van der Waals surface area (Å²) in [7, 11) is 0. The minimum atomic E-state index is -0.0452. The van der Waals surface area contributed by atoms with Crippen molar-refractivity contribution in [2.75, 3.05) is 26.2 Å². The zero-order valence-corrected chi connectivity index (χ0v) is 16.9. The predicted molar refractivity (Wildman–Crippen MR) is 110 cm³/mol. The van der Waals surface area contributed by atoms with E-state index in [1.54, 1.807) is 18.2 Å². The monoisotopic (exact) mass is 397 g/mol. The number of nitrogens with zero attached hydrogens (tertiary/aromatic N) is 3. The molecule has 1 amide bonds. The van der Waals surface area contributed by atoms with Crippen molar-refractivity contribution in [3.05, 3.63) is 64.2 Å². The van der Waals surface area contributed by atoms with E-state index in [4.69, 9.17) is 21.6 Å². The first-order valence-electron chi connectivity index (χ1n) is 9.43. The van der Waals surface area contributed by atoms with E-state index in [9.17, 15) is 4.79 Å². The summed E-state index contributed by atoms with van der Waals surface area (Å²) in [5.74, 6) is 0.528. The number of hydrogen-bond donors (Lipinski definition) is 0. The number of piperazine rings is 1. The van der Waals surface area contributed by atoms with Crippen LogP contribution >= 0.6 is 11.6 Å². The van der Waals surface area contributed by atoms with Crippen LogP contribution in [0.5, 0.6) is 5.75 Å². The summed E-state index contributed by atoms with van der Waals surface area (Å²) in [5, 5.41) is 9.42. The average molecular weight is 398 g/mol. The standard InChI is InChI=1S/C22H24ClN3O2/c1-16(2)28-21-8-7-19(23)13-20(21)22(27)26-11-9-25(10-12-26)15-18-5-3-17(14-24)4-6-18/h3-8,13,16H,9-12,15H2,1-2H3. The molecule has 0 spiro atoms. The fraction of sp³-hybridized carbons (Fsp3) is 0.364. The van der Waals surface area contributed by atoms with E-state index in [0.29, 0.717) is 35.0 Å². The third-order valence-electron chi connectivity index (χ3n) is 4.68. The molecule has 0 unspecified atom stereocenters. The van der Waals surface area contributed by atoms with E-state index in [-0.39, 0.29) is 12.0 Å². The summed E-state index contributed by atoms with van der Waals surface area (Å²) in [6, 6.07) is 15.0. The van der Waals surface area contributed by atoms with Gasteiger partial charge in [-0.15, -0.1) is 0 Å². The molecule has 146 valence electrons. The lowest BCUT2D eigenvalue weighted by molar-refractivity contribution is 0.0623. The first-order chi connectivity index (χ1) is 13.5. The Hall–Kier alpha value is -2.55. The highest BCUT2D eigenvalue weighted by atomic mass is 35.5. The molecule has 3 rings (SSSR count). The lowest BCUT2D eigenvalue weighted by atomic mass is 10.1. The van der Waals surface area contributed by atoms with Gasteiger partial charge in [-0.05, 0) is 49.7 Å². The van der Waals surface area contributed by atoms with E-state index in [1.807, 2.05) is 43.0 Å². The maximum atomic E-state index is 13.0. The number of carbonyl (C=O) groups excluding carboxylic acids is 1. The van der Waals surface area contributed by atoms with Crippen molar-refractivity contribution >= 4 is 17.5 Å². The lowest BCUT2D eigenvalue weighted by Gasteiger charge is -2.35. The minimum Gasteiger partial charge on any atom is -0.490 e. The second-order valence-electron chi connectivity index (χ2n) is 7.18. The highest BCUT2D eigenvalue weighted by Gasteiger charge is 2.25. The molecule has 2 aromatic carbocycles. The van der Waals surface area contributed by atoms with Crippen molar-refractivity contribution in [3.8, 4) is 11.8 Å². The zero-order chi connectivity index (χ0) is 20.1. The molecule has 1 fully saturated rings. The van der Waals surface area contributed by atoms with Crippen LogP contribution in [0.15, 0.2) is 42.5 Å². The van der Waals surface area contributed by atoms with Crippen LogP contribution in [-0.4, -0.2) is 48.0 Å². The van der Waals surface area contributed by atoms with Gasteiger partial charge >= 0.3 is 0 Å². The van der Waals surface area contributed by atoms with E-state index in [1.165, 1.54) is 5.56 Å². The molecule has 1 aliphatic rings. The average Bonchev–Trinajstić information content (AvgIpc) is 2.69. The number of halogens is 1. The molecule has 0 radical (unpaired) electrons. The molecule has 2 aromatic rings. The Morgan fingerprint density at radius 3 is 2.43 bits per heavy atom. The van der Waals surface area contributed by atoms with Crippen LogP contribution in [0, 0.1) is 11.3 Å². The second-order valence-corrected chi connectivity index (χ2v) is 7.62. The van der Waals surface area contributed by atoms with E-state index >= 15 is 0 Å². The maximum absolute atomic E-state index is 13.0. The van der Waals surface area contributed by atoms with Crippen LogP contribution in [-0.2, 0) is 6.54 Å². The van der Waals surface area contributed by atoms with E-state index in [0.717, 1.165) is 19.6 Å². The van der Waals surface area contributed by atoms with Crippen LogP contribution in [0.25, 0.3) is 0 Å². The number of rotatable bonds is 5. The van der Waals surface area contributed by atoms with Crippen molar-refractivity contribution in [2.45, 2.75) is 26.5 Å². The summed E-state index contributed by atoms with van der Waals surface area (Å²) in [4.78, 5) is 17.2. The van der Waals surface area contributed by atoms with Gasteiger partial charge in [0.1, 0.15) is 5.75 Å². The Morgan fingerprint density at radius 2 is 1.82 bits per heavy atom. The molecule has 28 heavy (non-hydrogen) atoms. The van der Waals surface area contributed by atoms with Gasteiger partial charge in [0.15, 0.2) is 0 Å². The Morgan fingerprint density at radius 1 is 1.14 bits per heavy atom. The van der Waals surface area contributed by atoms with Gasteiger partial charge in [-0.2, -0.15) is 5.26 Å². The Bertz CT molecular complexity index is 866. The third-order valence-corrected chi connectivity index (χ3v) is 4.92. The summed E-state index contributed by atoms with van der Waals surface area (Å²) >= 11 is 6.12. The molecule has 1 aliphatic heterocycles. The molecule has 5 nitrogen and oxygen atoms in total. The Balaban J connectivity index is 1.62. The molecule has 0 saturated carbocycles. The minimum absolute atomic E-state index is 0.0167. The quantitative estimate of drug-likeness (QED) is 0.766. The molecular formula is C22H24ClN3O2. The lowest BCUT2D eigenvalue weighted by Crippen LogP contribution is -2.48. The first-order valence-corrected chi connectivity index (χ1v) is 9.81. The van der Waals surface area contributed by atoms with Crippen molar-refractivity contribution in [2.24, 2.45) is 0 Å². The fourth-order valence-electron chi connectivity index (χ4n) is 3.25. The van der Waals surface area contributed by atoms with Crippen LogP contribution in [0.4, 0.5) is 0 Å². The molecule has 0 bridgehead atoms. The molecule has 1 saturated heterocycles. The highest BCUT2D eigenvalue weighted by Crippen LogP contribution is 2.26. The summed E-state index contributed by atoms with van der Waals surface area (Å²) in [6.45, 7) is 7.59. The van der Waals surface area contributed by atoms with Crippen molar-refractivity contribution in [1.82, 2.24) is 9.80 Å². The maximum Gasteiger partial charge on any atom is 0.257 e. The van der Waals surface area contributed by atoms with E-state index < -0.39 is 0 Å². The zero-order valence-electron chi connectivity index (χ0n) is 16.2. The third kappa shape index (κ3) is 5.03. The summed E-state index contributed by atoms with van der Waals surface area (Å²) in [6.07, 6.45) is -0.0167. The molecule has 0 atom stereocenters. The van der Waals surface area contributed by atoms with E-state index in [2.05, 4.69) is 11.0 Å². The fourth-order valence-corrected chi connectivity index (χ4v) is 3.42. The number of carbonyl (C=O) groups is 1. The summed E-state index contributed by atoms with van der Waals surface area (Å²) in [5.41, 5.74) is 2.35. The molecular weight excluding hydrogens is 374 g/mol. The van der Waals surface area contributed by atoms with Gasteiger partial charge < -0.3 is 9.64 Å². The molecule has 1 heterocycles. The SMILES string of the molecule is CC(C)Oc1ccc(Cl)cc1C(=O)N1CCN(Cc2ccc(C#N)cc2)CC1. The Kier molecular flexibility index (Phi) is 6.56. The second kappa shape index (κ2) is 9.09. The van der Waals surface area contributed by atoms with Crippen LogP contribution in [0.1, 0.15) is 35.3 Å². The highest BCUT2D eigenvalue weighted by molar-refractivity contribution is 6.31. The molecule has 0 aromatic heterocycles. The van der Waals surface area contributed by atoms with Crippen LogP contribution in [0.3, 0.4) is 0 Å². The predicted octanol–water partition coefficient (Wildman–Crippen LogP) is 3.96. The van der Waals surface area contributed by atoms with Gasteiger partial charge in [0.2, 0.25) is 0 Å². The number of hydrogen-bond acceptors (Lipinski definition) is 4. The van der Waals surface area contributed by atoms with Crippen molar-refractivity contribution < 1.29 is 9.53 Å². The molecule has 0 aliphatic carbocycles. The van der Waals surface area contributed by atoms with Gasteiger partial charge in [0.25, 0.3) is 5.91 Å². The molecule has 6 heteroatoms. The molecule has 0 N–H and O–H groups in total. The largest absolute Gasteiger partial charge is 0.490 e. The van der Waals surface area contributed by atoms with Crippen molar-refractivity contribution in [3.63, 3.8) is 0 Å². The van der Waals surface area contributed by atoms with Gasteiger partial charge in [0, 0.05) is 37.7 Å². The smallest absolute Gasteiger partial charge is 0.257 e. The topological polar surface area (TPSA) is 56.6 Å². The normalized spacial score (nSPS) is 14.8. The van der Waals surface area contributed by atoms with Crippen molar-refractivity contribution in [1.29, 1.82) is 5.26 Å². The number of ether oxygens (including phenoxy) is 1. The number of nitriles is 1. The van der Waals surface area contributed by atoms with Gasteiger partial charge in [-0.3, -0.25) is 9.69 Å². The number of benzene rings is 2.